The van der Waals surface area contributed by atoms with Gasteiger partial charge in [0.15, 0.2) is 17.3 Å². The van der Waals surface area contributed by atoms with Crippen LogP contribution in [0.15, 0.2) is 12.1 Å². The second-order valence-corrected chi connectivity index (χ2v) is 6.21. The summed E-state index contributed by atoms with van der Waals surface area (Å²) in [5.74, 6) is 1.30. The number of fused-ring (bicyclic) bond motifs is 1. The highest BCUT2D eigenvalue weighted by molar-refractivity contribution is 5.88. The van der Waals surface area contributed by atoms with Crippen LogP contribution in [0.1, 0.15) is 36.5 Å². The lowest BCUT2D eigenvalue weighted by atomic mass is 10.1. The first-order valence-corrected chi connectivity index (χ1v) is 8.82. The Morgan fingerprint density at radius 3 is 2.50 bits per heavy atom. The lowest BCUT2D eigenvalue weighted by Crippen LogP contribution is -2.06. The molecule has 1 aromatic heterocycles. The van der Waals surface area contributed by atoms with E-state index in [0.717, 1.165) is 38.1 Å². The molecule has 0 aliphatic carbocycles. The van der Waals surface area contributed by atoms with E-state index in [9.17, 15) is 14.0 Å². The number of aromatic nitrogens is 3. The summed E-state index contributed by atoms with van der Waals surface area (Å²) in [5.41, 5.74) is 0.838. The van der Waals surface area contributed by atoms with Crippen molar-refractivity contribution in [3.05, 3.63) is 29.3 Å². The Labute approximate surface area is 161 Å². The molecule has 0 saturated carbocycles. The van der Waals surface area contributed by atoms with E-state index >= 15 is 0 Å². The first-order valence-electron chi connectivity index (χ1n) is 8.82. The molecule has 0 spiro atoms. The van der Waals surface area contributed by atoms with Gasteiger partial charge in [0.05, 0.1) is 19.8 Å². The number of ether oxygens (including phenoxy) is 3. The van der Waals surface area contributed by atoms with Gasteiger partial charge in [0, 0.05) is 13.0 Å². The SMILES string of the molecule is COc1cc(/C=C(\C#N)c2nnc3n2CCCCC3)cc(OC)c1OC(F)F. The van der Waals surface area contributed by atoms with Crippen LogP contribution in [0.4, 0.5) is 8.78 Å². The summed E-state index contributed by atoms with van der Waals surface area (Å²) in [4.78, 5) is 0. The summed E-state index contributed by atoms with van der Waals surface area (Å²) < 4.78 is 42.2. The summed E-state index contributed by atoms with van der Waals surface area (Å²) in [7, 11) is 2.68. The Hall–Kier alpha value is -3.15. The number of methoxy groups -OCH3 is 2. The van der Waals surface area contributed by atoms with Gasteiger partial charge < -0.3 is 18.8 Å². The number of halogens is 2. The zero-order valence-corrected chi connectivity index (χ0v) is 15.6. The van der Waals surface area contributed by atoms with E-state index in [0.29, 0.717) is 17.0 Å². The van der Waals surface area contributed by atoms with Crippen LogP contribution >= 0.6 is 0 Å². The minimum atomic E-state index is -3.02. The smallest absolute Gasteiger partial charge is 0.387 e. The summed E-state index contributed by atoms with van der Waals surface area (Å²) in [6.07, 6.45) is 5.57. The van der Waals surface area contributed by atoms with Crippen molar-refractivity contribution in [1.82, 2.24) is 14.8 Å². The molecule has 0 radical (unpaired) electrons. The molecule has 1 aromatic carbocycles. The Bertz CT molecular complexity index is 893. The molecule has 0 bridgehead atoms. The van der Waals surface area contributed by atoms with Crippen LogP contribution in [-0.4, -0.2) is 35.6 Å². The van der Waals surface area contributed by atoms with E-state index < -0.39 is 6.61 Å². The molecule has 148 valence electrons. The molecule has 9 heteroatoms. The maximum absolute atomic E-state index is 12.7. The third-order valence-corrected chi connectivity index (χ3v) is 4.47. The van der Waals surface area contributed by atoms with Crippen LogP contribution in [-0.2, 0) is 13.0 Å². The molecule has 2 heterocycles. The van der Waals surface area contributed by atoms with Crippen molar-refractivity contribution in [2.45, 2.75) is 38.8 Å². The van der Waals surface area contributed by atoms with Crippen molar-refractivity contribution in [1.29, 1.82) is 5.26 Å². The standard InChI is InChI=1S/C19H20F2N4O3/c1-26-14-9-12(10-15(27-2)17(14)28-19(20)21)8-13(11-22)18-24-23-16-6-4-3-5-7-25(16)18/h8-10,19H,3-7H2,1-2H3/b13-8+. The van der Waals surface area contributed by atoms with E-state index in [1.165, 1.54) is 26.4 Å². The zero-order valence-electron chi connectivity index (χ0n) is 15.6. The molecule has 0 unspecified atom stereocenters. The minimum absolute atomic E-state index is 0.0725. The number of hydrogen-bond acceptors (Lipinski definition) is 6. The summed E-state index contributed by atoms with van der Waals surface area (Å²) in [6, 6.07) is 5.14. The highest BCUT2D eigenvalue weighted by Crippen LogP contribution is 2.40. The fourth-order valence-corrected chi connectivity index (χ4v) is 3.19. The number of aryl methyl sites for hydroxylation is 1. The second kappa shape index (κ2) is 8.69. The van der Waals surface area contributed by atoms with Crippen molar-refractivity contribution in [2.24, 2.45) is 0 Å². The van der Waals surface area contributed by atoms with Gasteiger partial charge in [0.2, 0.25) is 5.75 Å². The zero-order chi connectivity index (χ0) is 20.1. The van der Waals surface area contributed by atoms with Gasteiger partial charge in [-0.05, 0) is 36.6 Å². The Kier molecular flexibility index (Phi) is 6.09. The van der Waals surface area contributed by atoms with Crippen LogP contribution in [0, 0.1) is 11.3 Å². The third-order valence-electron chi connectivity index (χ3n) is 4.47. The molecule has 0 atom stereocenters. The fourth-order valence-electron chi connectivity index (χ4n) is 3.19. The van der Waals surface area contributed by atoms with Gasteiger partial charge in [0.25, 0.3) is 0 Å². The predicted molar refractivity (Wildman–Crippen MR) is 97.2 cm³/mol. The monoisotopic (exact) mass is 390 g/mol. The second-order valence-electron chi connectivity index (χ2n) is 6.21. The van der Waals surface area contributed by atoms with Gasteiger partial charge in [-0.2, -0.15) is 14.0 Å². The maximum atomic E-state index is 12.7. The van der Waals surface area contributed by atoms with E-state index in [-0.39, 0.29) is 17.2 Å². The maximum Gasteiger partial charge on any atom is 0.387 e. The quantitative estimate of drug-likeness (QED) is 0.700. The van der Waals surface area contributed by atoms with E-state index in [1.807, 2.05) is 4.57 Å². The number of allylic oxidation sites excluding steroid dienone is 1. The summed E-state index contributed by atoms with van der Waals surface area (Å²) >= 11 is 0. The first-order chi connectivity index (χ1) is 13.6. The lowest BCUT2D eigenvalue weighted by Gasteiger charge is -2.14. The molecular formula is C19H20F2N4O3. The number of hydrogen-bond donors (Lipinski definition) is 0. The molecule has 0 N–H and O–H groups in total. The van der Waals surface area contributed by atoms with Gasteiger partial charge >= 0.3 is 6.61 Å². The van der Waals surface area contributed by atoms with Crippen LogP contribution in [0.3, 0.4) is 0 Å². The number of alkyl halides is 2. The highest BCUT2D eigenvalue weighted by Gasteiger charge is 2.20. The Morgan fingerprint density at radius 2 is 1.89 bits per heavy atom. The van der Waals surface area contributed by atoms with Crippen LogP contribution in [0.25, 0.3) is 11.6 Å². The molecule has 7 nitrogen and oxygen atoms in total. The van der Waals surface area contributed by atoms with Crippen molar-refractivity contribution < 1.29 is 23.0 Å². The molecule has 1 aliphatic rings. The molecule has 0 fully saturated rings. The fraction of sp³-hybridized carbons (Fsp3) is 0.421. The number of benzene rings is 1. The van der Waals surface area contributed by atoms with Gasteiger partial charge in [-0.15, -0.1) is 10.2 Å². The molecular weight excluding hydrogens is 370 g/mol. The average molecular weight is 390 g/mol. The van der Waals surface area contributed by atoms with E-state index in [1.54, 1.807) is 6.08 Å². The van der Waals surface area contributed by atoms with Crippen LogP contribution in [0.2, 0.25) is 0 Å². The summed E-state index contributed by atoms with van der Waals surface area (Å²) in [6.45, 7) is -2.27. The number of nitriles is 1. The first kappa shape index (κ1) is 19.6. The Balaban J connectivity index is 2.04. The normalized spacial score (nSPS) is 14.2. The minimum Gasteiger partial charge on any atom is -0.493 e. The van der Waals surface area contributed by atoms with Crippen molar-refractivity contribution >= 4 is 11.6 Å². The molecule has 2 aromatic rings. The van der Waals surface area contributed by atoms with Crippen LogP contribution in [0.5, 0.6) is 17.2 Å². The van der Waals surface area contributed by atoms with Crippen molar-refractivity contribution in [3.8, 4) is 23.3 Å². The lowest BCUT2D eigenvalue weighted by molar-refractivity contribution is -0.0526. The topological polar surface area (TPSA) is 82.2 Å². The summed E-state index contributed by atoms with van der Waals surface area (Å²) in [5, 5.41) is 18.1. The largest absolute Gasteiger partial charge is 0.493 e. The van der Waals surface area contributed by atoms with Gasteiger partial charge in [-0.25, -0.2) is 0 Å². The van der Waals surface area contributed by atoms with E-state index in [2.05, 4.69) is 21.0 Å². The third kappa shape index (κ3) is 4.06. The molecule has 3 rings (SSSR count). The van der Waals surface area contributed by atoms with E-state index in [4.69, 9.17) is 9.47 Å². The molecule has 28 heavy (non-hydrogen) atoms. The Morgan fingerprint density at radius 1 is 1.18 bits per heavy atom. The average Bonchev–Trinajstić information content (AvgIpc) is 2.94. The van der Waals surface area contributed by atoms with Crippen molar-refractivity contribution in [3.63, 3.8) is 0 Å². The van der Waals surface area contributed by atoms with Crippen molar-refractivity contribution in [2.75, 3.05) is 14.2 Å². The predicted octanol–water partition coefficient (Wildman–Crippen LogP) is 3.69. The van der Waals surface area contributed by atoms with Gasteiger partial charge in [0.1, 0.15) is 11.9 Å². The molecule has 0 amide bonds. The number of nitrogens with zero attached hydrogens (tertiary/aromatic N) is 4. The van der Waals surface area contributed by atoms with Crippen LogP contribution < -0.4 is 14.2 Å². The molecule has 1 aliphatic heterocycles. The van der Waals surface area contributed by atoms with Gasteiger partial charge in [-0.1, -0.05) is 6.42 Å². The molecule has 0 saturated heterocycles. The highest BCUT2D eigenvalue weighted by atomic mass is 19.3. The number of rotatable bonds is 6. The van der Waals surface area contributed by atoms with Gasteiger partial charge in [-0.3, -0.25) is 0 Å².